The molecule has 1 aromatic carbocycles. The summed E-state index contributed by atoms with van der Waals surface area (Å²) in [5, 5.41) is 19.4. The summed E-state index contributed by atoms with van der Waals surface area (Å²) in [7, 11) is 0. The number of aromatic nitrogens is 1. The largest absolute Gasteiger partial charge is 0.508 e. The Kier molecular flexibility index (Phi) is 5.83. The van der Waals surface area contributed by atoms with E-state index in [0.29, 0.717) is 0 Å². The van der Waals surface area contributed by atoms with Crippen molar-refractivity contribution in [2.45, 2.75) is 12.5 Å². The summed E-state index contributed by atoms with van der Waals surface area (Å²) in [4.78, 5) is 14.1. The van der Waals surface area contributed by atoms with Crippen LogP contribution in [0.4, 0.5) is 0 Å². The van der Waals surface area contributed by atoms with Crippen molar-refractivity contribution < 1.29 is 15.0 Å². The van der Waals surface area contributed by atoms with Crippen LogP contribution in [0.25, 0.3) is 0 Å². The Morgan fingerprint density at radius 2 is 2.06 bits per heavy atom. The van der Waals surface area contributed by atoms with Gasteiger partial charge in [-0.1, -0.05) is 12.1 Å². The standard InChI is InChI=1S/C9H11NO3.C3H3NS/c10-8(9(12)13)5-6-1-3-7(11)4-2-6;1-2-5-3-4-1/h1-4,8,11H,5,10H2,(H,12,13);1-3H/t8-;/m0./s1. The Bertz CT molecular complexity index is 439. The summed E-state index contributed by atoms with van der Waals surface area (Å²) in [5.41, 5.74) is 7.91. The fourth-order valence-electron chi connectivity index (χ4n) is 1.15. The van der Waals surface area contributed by atoms with Crippen LogP contribution in [0.2, 0.25) is 0 Å². The number of rotatable bonds is 3. The van der Waals surface area contributed by atoms with Gasteiger partial charge in [0, 0.05) is 11.6 Å². The van der Waals surface area contributed by atoms with Crippen LogP contribution >= 0.6 is 11.3 Å². The highest BCUT2D eigenvalue weighted by Gasteiger charge is 2.11. The van der Waals surface area contributed by atoms with Gasteiger partial charge in [0.25, 0.3) is 0 Å². The monoisotopic (exact) mass is 266 g/mol. The van der Waals surface area contributed by atoms with Crippen molar-refractivity contribution >= 4 is 17.3 Å². The lowest BCUT2D eigenvalue weighted by atomic mass is 10.1. The van der Waals surface area contributed by atoms with E-state index in [1.807, 2.05) is 5.38 Å². The summed E-state index contributed by atoms with van der Waals surface area (Å²) in [6, 6.07) is 5.42. The predicted octanol–water partition coefficient (Wildman–Crippen LogP) is 1.49. The summed E-state index contributed by atoms with van der Waals surface area (Å²) in [6.07, 6.45) is 2.04. The first-order valence-corrected chi connectivity index (χ1v) is 6.12. The number of phenols is 1. The lowest BCUT2D eigenvalue weighted by molar-refractivity contribution is -0.138. The quantitative estimate of drug-likeness (QED) is 0.782. The zero-order chi connectivity index (χ0) is 13.4. The third-order valence-corrected chi connectivity index (χ3v) is 2.58. The van der Waals surface area contributed by atoms with Crippen LogP contribution in [0.1, 0.15) is 5.56 Å². The fraction of sp³-hybridized carbons (Fsp3) is 0.167. The van der Waals surface area contributed by atoms with Crippen LogP contribution < -0.4 is 5.73 Å². The van der Waals surface area contributed by atoms with Crippen LogP contribution in [0.15, 0.2) is 41.4 Å². The van der Waals surface area contributed by atoms with Crippen molar-refractivity contribution in [2.75, 3.05) is 0 Å². The van der Waals surface area contributed by atoms with Crippen molar-refractivity contribution in [2.24, 2.45) is 5.73 Å². The Hall–Kier alpha value is -1.92. The molecule has 5 nitrogen and oxygen atoms in total. The minimum Gasteiger partial charge on any atom is -0.508 e. The lowest BCUT2D eigenvalue weighted by Crippen LogP contribution is -2.32. The SMILES string of the molecule is N[C@@H](Cc1ccc(O)cc1)C(=O)O.c1cscn1. The zero-order valence-corrected chi connectivity index (χ0v) is 10.4. The van der Waals surface area contributed by atoms with E-state index in [4.69, 9.17) is 15.9 Å². The zero-order valence-electron chi connectivity index (χ0n) is 9.56. The van der Waals surface area contributed by atoms with Crippen molar-refractivity contribution in [3.05, 3.63) is 46.9 Å². The number of carboxylic acid groups (broad SMARTS) is 1. The molecule has 18 heavy (non-hydrogen) atoms. The molecular weight excluding hydrogens is 252 g/mol. The molecule has 2 rings (SSSR count). The lowest BCUT2D eigenvalue weighted by Gasteiger charge is -2.05. The number of aromatic hydroxyl groups is 1. The second-order valence-electron chi connectivity index (χ2n) is 3.49. The molecular formula is C12H14N2O3S. The van der Waals surface area contributed by atoms with Gasteiger partial charge in [0.15, 0.2) is 0 Å². The average molecular weight is 266 g/mol. The van der Waals surface area contributed by atoms with Gasteiger partial charge in [-0.15, -0.1) is 11.3 Å². The van der Waals surface area contributed by atoms with E-state index in [1.54, 1.807) is 35.2 Å². The van der Waals surface area contributed by atoms with Crippen LogP contribution in [0, 0.1) is 0 Å². The molecule has 1 atom stereocenters. The van der Waals surface area contributed by atoms with E-state index >= 15 is 0 Å². The minimum atomic E-state index is -1.02. The highest BCUT2D eigenvalue weighted by molar-refractivity contribution is 7.07. The van der Waals surface area contributed by atoms with Crippen LogP contribution in [-0.4, -0.2) is 27.2 Å². The Balaban J connectivity index is 0.000000269. The summed E-state index contributed by atoms with van der Waals surface area (Å²) in [6.45, 7) is 0. The number of hydrogen-bond donors (Lipinski definition) is 3. The number of aliphatic carboxylic acids is 1. The topological polar surface area (TPSA) is 96.4 Å². The summed E-state index contributed by atoms with van der Waals surface area (Å²) >= 11 is 1.60. The van der Waals surface area contributed by atoms with E-state index < -0.39 is 12.0 Å². The molecule has 6 heteroatoms. The van der Waals surface area contributed by atoms with Gasteiger partial charge in [-0.25, -0.2) is 0 Å². The van der Waals surface area contributed by atoms with Crippen molar-refractivity contribution in [1.82, 2.24) is 4.98 Å². The first-order chi connectivity index (χ1) is 8.59. The molecule has 0 spiro atoms. The van der Waals surface area contributed by atoms with Crippen molar-refractivity contribution in [3.63, 3.8) is 0 Å². The second-order valence-corrected chi connectivity index (χ2v) is 4.25. The van der Waals surface area contributed by atoms with E-state index in [1.165, 1.54) is 12.1 Å². The third kappa shape index (κ3) is 5.42. The number of nitrogens with zero attached hydrogens (tertiary/aromatic N) is 1. The number of phenolic OH excluding ortho intramolecular Hbond substituents is 1. The second kappa shape index (κ2) is 7.41. The fourth-order valence-corrected chi connectivity index (χ4v) is 1.50. The first-order valence-electron chi connectivity index (χ1n) is 5.18. The maximum Gasteiger partial charge on any atom is 0.320 e. The molecule has 96 valence electrons. The van der Waals surface area contributed by atoms with Gasteiger partial charge in [0.2, 0.25) is 0 Å². The average Bonchev–Trinajstić information content (AvgIpc) is 2.90. The molecule has 0 fully saturated rings. The highest BCUT2D eigenvalue weighted by Crippen LogP contribution is 2.10. The molecule has 1 aromatic heterocycles. The van der Waals surface area contributed by atoms with Gasteiger partial charge >= 0.3 is 5.97 Å². The maximum absolute atomic E-state index is 10.4. The Morgan fingerprint density at radius 3 is 2.44 bits per heavy atom. The molecule has 2 aromatic rings. The number of carboxylic acids is 1. The molecule has 0 unspecified atom stereocenters. The molecule has 0 aliphatic carbocycles. The first kappa shape index (κ1) is 14.1. The normalized spacial score (nSPS) is 11.2. The molecule has 0 bridgehead atoms. The Morgan fingerprint density at radius 1 is 1.39 bits per heavy atom. The number of thiazole rings is 1. The number of nitrogens with two attached hydrogens (primary N) is 1. The molecule has 0 amide bonds. The smallest absolute Gasteiger partial charge is 0.320 e. The van der Waals surface area contributed by atoms with Gasteiger partial charge in [-0.3, -0.25) is 9.78 Å². The number of benzene rings is 1. The van der Waals surface area contributed by atoms with Crippen molar-refractivity contribution in [1.29, 1.82) is 0 Å². The van der Waals surface area contributed by atoms with Gasteiger partial charge < -0.3 is 15.9 Å². The molecule has 4 N–H and O–H groups in total. The van der Waals surface area contributed by atoms with E-state index in [2.05, 4.69) is 4.98 Å². The summed E-state index contributed by atoms with van der Waals surface area (Å²) in [5.74, 6) is -0.860. The van der Waals surface area contributed by atoms with E-state index in [9.17, 15) is 4.79 Å². The van der Waals surface area contributed by atoms with Gasteiger partial charge in [-0.05, 0) is 24.1 Å². The summed E-state index contributed by atoms with van der Waals surface area (Å²) < 4.78 is 0. The molecule has 0 saturated carbocycles. The third-order valence-electron chi connectivity index (χ3n) is 2.06. The van der Waals surface area contributed by atoms with Gasteiger partial charge in [0.05, 0.1) is 5.51 Å². The minimum absolute atomic E-state index is 0.160. The Labute approximate surface area is 109 Å². The van der Waals surface area contributed by atoms with Crippen molar-refractivity contribution in [3.8, 4) is 5.75 Å². The molecule has 0 aliphatic rings. The maximum atomic E-state index is 10.4. The van der Waals surface area contributed by atoms with Crippen LogP contribution in [0.5, 0.6) is 5.75 Å². The molecule has 1 heterocycles. The molecule has 0 radical (unpaired) electrons. The molecule has 0 saturated heterocycles. The molecule has 0 aliphatic heterocycles. The number of carbonyl (C=O) groups is 1. The van der Waals surface area contributed by atoms with Gasteiger partial charge in [0.1, 0.15) is 11.8 Å². The van der Waals surface area contributed by atoms with Crippen LogP contribution in [0.3, 0.4) is 0 Å². The predicted molar refractivity (Wildman–Crippen MR) is 69.5 cm³/mol. The van der Waals surface area contributed by atoms with Gasteiger partial charge in [-0.2, -0.15) is 0 Å². The van der Waals surface area contributed by atoms with E-state index in [0.717, 1.165) is 5.56 Å². The number of hydrogen-bond acceptors (Lipinski definition) is 5. The van der Waals surface area contributed by atoms with Crippen LogP contribution in [-0.2, 0) is 11.2 Å². The highest BCUT2D eigenvalue weighted by atomic mass is 32.1. The van der Waals surface area contributed by atoms with E-state index in [-0.39, 0.29) is 12.2 Å².